The van der Waals surface area contributed by atoms with Gasteiger partial charge in [0.1, 0.15) is 11.9 Å². The fourth-order valence-electron chi connectivity index (χ4n) is 3.36. The van der Waals surface area contributed by atoms with E-state index in [9.17, 15) is 9.18 Å². The average Bonchev–Trinajstić information content (AvgIpc) is 2.74. The van der Waals surface area contributed by atoms with Gasteiger partial charge in [0, 0.05) is 32.2 Å². The quantitative estimate of drug-likeness (QED) is 0.462. The van der Waals surface area contributed by atoms with Gasteiger partial charge in [-0.15, -0.1) is 0 Å². The normalized spacial score (nSPS) is 19.7. The van der Waals surface area contributed by atoms with Crippen LogP contribution < -0.4 is 10.6 Å². The summed E-state index contributed by atoms with van der Waals surface area (Å²) in [6, 6.07) is 15.5. The molecule has 1 amide bonds. The van der Waals surface area contributed by atoms with Crippen LogP contribution in [0.1, 0.15) is 28.9 Å². The van der Waals surface area contributed by atoms with Crippen LogP contribution in [0.2, 0.25) is 0 Å². The molecule has 2 N–H and O–H groups in total. The molecule has 1 heterocycles. The summed E-state index contributed by atoms with van der Waals surface area (Å²) in [7, 11) is 1.73. The molecule has 1 fully saturated rings. The van der Waals surface area contributed by atoms with E-state index in [1.165, 1.54) is 12.1 Å². The summed E-state index contributed by atoms with van der Waals surface area (Å²) >= 11 is 0. The van der Waals surface area contributed by atoms with Gasteiger partial charge in [-0.25, -0.2) is 4.39 Å². The van der Waals surface area contributed by atoms with Gasteiger partial charge >= 0.3 is 0 Å². The molecule has 154 valence electrons. The van der Waals surface area contributed by atoms with E-state index >= 15 is 0 Å². The fraction of sp³-hybridized carbons (Fsp3) is 0.364. The van der Waals surface area contributed by atoms with Crippen LogP contribution in [0.5, 0.6) is 0 Å². The lowest BCUT2D eigenvalue weighted by atomic mass is 10.1. The number of hydrogen-bond acceptors (Lipinski definition) is 3. The second kappa shape index (κ2) is 10.0. The summed E-state index contributed by atoms with van der Waals surface area (Å²) in [5, 5.41) is 6.19. The van der Waals surface area contributed by atoms with E-state index in [1.54, 1.807) is 31.3 Å². The van der Waals surface area contributed by atoms with E-state index < -0.39 is 0 Å². The molecule has 29 heavy (non-hydrogen) atoms. The van der Waals surface area contributed by atoms with Gasteiger partial charge in [0.05, 0.1) is 12.6 Å². The number of hydrogen-bond donors (Lipinski definition) is 2. The molecule has 0 saturated carbocycles. The summed E-state index contributed by atoms with van der Waals surface area (Å²) in [5.74, 6) is 0.393. The van der Waals surface area contributed by atoms with Crippen molar-refractivity contribution >= 4 is 11.9 Å². The smallest absolute Gasteiger partial charge is 0.251 e. The molecule has 1 aliphatic heterocycles. The zero-order valence-corrected chi connectivity index (χ0v) is 16.8. The number of carbonyl (C=O) groups excluding carboxylic acids is 1. The molecule has 1 aliphatic rings. The van der Waals surface area contributed by atoms with E-state index in [0.717, 1.165) is 11.5 Å². The Morgan fingerprint density at radius 2 is 1.79 bits per heavy atom. The highest BCUT2D eigenvalue weighted by molar-refractivity contribution is 5.94. The Bertz CT molecular complexity index is 826. The van der Waals surface area contributed by atoms with Gasteiger partial charge in [-0.2, -0.15) is 0 Å². The average molecular weight is 398 g/mol. The van der Waals surface area contributed by atoms with Gasteiger partial charge in [0.15, 0.2) is 5.96 Å². The Morgan fingerprint density at radius 1 is 1.10 bits per heavy atom. The first kappa shape index (κ1) is 20.8. The minimum Gasteiger partial charge on any atom is -0.367 e. The van der Waals surface area contributed by atoms with E-state index in [-0.39, 0.29) is 23.9 Å². The topological polar surface area (TPSA) is 66.0 Å². The Morgan fingerprint density at radius 3 is 2.48 bits per heavy atom. The van der Waals surface area contributed by atoms with E-state index in [0.29, 0.717) is 31.7 Å². The Hall–Kier alpha value is -2.93. The van der Waals surface area contributed by atoms with E-state index in [1.807, 2.05) is 25.1 Å². The lowest BCUT2D eigenvalue weighted by molar-refractivity contribution is -0.0604. The lowest BCUT2D eigenvalue weighted by Gasteiger charge is -2.38. The second-order valence-electron chi connectivity index (χ2n) is 6.99. The summed E-state index contributed by atoms with van der Waals surface area (Å²) in [5.41, 5.74) is 1.58. The SMILES string of the molecule is CN=C(NCCNC(=O)c1ccccc1)N1CC(C)OC(c2ccc(F)cc2)C1. The molecule has 6 nitrogen and oxygen atoms in total. The second-order valence-corrected chi connectivity index (χ2v) is 6.99. The maximum Gasteiger partial charge on any atom is 0.251 e. The van der Waals surface area contributed by atoms with Crippen molar-refractivity contribution in [2.75, 3.05) is 33.2 Å². The predicted octanol–water partition coefficient (Wildman–Crippen LogP) is 2.59. The van der Waals surface area contributed by atoms with Gasteiger partial charge < -0.3 is 20.3 Å². The minimum atomic E-state index is -0.260. The number of nitrogens with zero attached hydrogens (tertiary/aromatic N) is 2. The first-order valence-electron chi connectivity index (χ1n) is 9.76. The third-order valence-corrected chi connectivity index (χ3v) is 4.74. The number of amides is 1. The van der Waals surface area contributed by atoms with Crippen LogP contribution in [-0.4, -0.2) is 56.1 Å². The molecular weight excluding hydrogens is 371 g/mol. The third kappa shape index (κ3) is 5.77. The van der Waals surface area contributed by atoms with Crippen molar-refractivity contribution in [2.45, 2.75) is 19.1 Å². The van der Waals surface area contributed by atoms with Gasteiger partial charge in [0.2, 0.25) is 0 Å². The molecule has 0 aliphatic carbocycles. The zero-order valence-electron chi connectivity index (χ0n) is 16.8. The molecule has 2 aromatic carbocycles. The van der Waals surface area contributed by atoms with Crippen LogP contribution in [0.25, 0.3) is 0 Å². The zero-order chi connectivity index (χ0) is 20.6. The molecule has 2 aromatic rings. The Balaban J connectivity index is 1.52. The summed E-state index contributed by atoms with van der Waals surface area (Å²) in [6.45, 7) is 4.36. The van der Waals surface area contributed by atoms with Crippen LogP contribution in [0.15, 0.2) is 59.6 Å². The number of guanidine groups is 1. The Labute approximate surface area is 170 Å². The van der Waals surface area contributed by atoms with Gasteiger partial charge in [0.25, 0.3) is 5.91 Å². The predicted molar refractivity (Wildman–Crippen MR) is 111 cm³/mol. The van der Waals surface area contributed by atoms with E-state index in [4.69, 9.17) is 4.74 Å². The number of nitrogens with one attached hydrogen (secondary N) is 2. The van der Waals surface area contributed by atoms with Crippen molar-refractivity contribution in [1.82, 2.24) is 15.5 Å². The highest BCUT2D eigenvalue weighted by Crippen LogP contribution is 2.25. The number of rotatable bonds is 5. The highest BCUT2D eigenvalue weighted by Gasteiger charge is 2.28. The molecule has 2 atom stereocenters. The molecule has 0 radical (unpaired) electrons. The number of carbonyl (C=O) groups is 1. The van der Waals surface area contributed by atoms with Crippen molar-refractivity contribution in [2.24, 2.45) is 4.99 Å². The van der Waals surface area contributed by atoms with Crippen molar-refractivity contribution in [1.29, 1.82) is 0 Å². The van der Waals surface area contributed by atoms with Crippen molar-refractivity contribution in [3.8, 4) is 0 Å². The molecule has 0 aromatic heterocycles. The number of benzene rings is 2. The third-order valence-electron chi connectivity index (χ3n) is 4.74. The monoisotopic (exact) mass is 398 g/mol. The molecule has 3 rings (SSSR count). The number of aliphatic imine (C=N–C) groups is 1. The van der Waals surface area contributed by atoms with Crippen LogP contribution in [-0.2, 0) is 4.74 Å². The van der Waals surface area contributed by atoms with Crippen LogP contribution >= 0.6 is 0 Å². The Kier molecular flexibility index (Phi) is 7.19. The van der Waals surface area contributed by atoms with Crippen LogP contribution in [0.4, 0.5) is 4.39 Å². The largest absolute Gasteiger partial charge is 0.367 e. The maximum atomic E-state index is 13.2. The molecule has 2 unspecified atom stereocenters. The molecule has 1 saturated heterocycles. The summed E-state index contributed by atoms with van der Waals surface area (Å²) in [6.07, 6.45) is -0.147. The number of ether oxygens (including phenoxy) is 1. The van der Waals surface area contributed by atoms with Gasteiger partial charge in [-0.1, -0.05) is 30.3 Å². The van der Waals surface area contributed by atoms with E-state index in [2.05, 4.69) is 20.5 Å². The molecule has 0 bridgehead atoms. The fourth-order valence-corrected chi connectivity index (χ4v) is 3.36. The standard InChI is InChI=1S/C22H27FN4O2/c1-16-14-27(15-20(29-16)17-8-10-19(23)11-9-17)22(24-2)26-13-12-25-21(28)18-6-4-3-5-7-18/h3-11,16,20H,12-15H2,1-2H3,(H,24,26)(H,25,28). The van der Waals surface area contributed by atoms with Gasteiger partial charge in [-0.3, -0.25) is 9.79 Å². The molecular formula is C22H27FN4O2. The van der Waals surface area contributed by atoms with Gasteiger partial charge in [-0.05, 0) is 36.8 Å². The first-order valence-corrected chi connectivity index (χ1v) is 9.76. The maximum absolute atomic E-state index is 13.2. The lowest BCUT2D eigenvalue weighted by Crippen LogP contribution is -2.51. The number of halogens is 1. The molecule has 7 heteroatoms. The summed E-state index contributed by atoms with van der Waals surface area (Å²) < 4.78 is 19.3. The summed E-state index contributed by atoms with van der Waals surface area (Å²) in [4.78, 5) is 18.6. The molecule has 0 spiro atoms. The highest BCUT2D eigenvalue weighted by atomic mass is 19.1. The van der Waals surface area contributed by atoms with Crippen molar-refractivity contribution in [3.05, 3.63) is 71.5 Å². The van der Waals surface area contributed by atoms with Crippen molar-refractivity contribution < 1.29 is 13.9 Å². The van der Waals surface area contributed by atoms with Crippen LogP contribution in [0.3, 0.4) is 0 Å². The van der Waals surface area contributed by atoms with Crippen molar-refractivity contribution in [3.63, 3.8) is 0 Å². The minimum absolute atomic E-state index is 0.00939. The van der Waals surface area contributed by atoms with Crippen LogP contribution in [0, 0.1) is 5.82 Å². The first-order chi connectivity index (χ1) is 14.1. The number of morpholine rings is 1.